The van der Waals surface area contributed by atoms with Crippen LogP contribution in [0.4, 0.5) is 0 Å². The molecular weight excluding hydrogens is 903 g/mol. The second-order valence-electron chi connectivity index (χ2n) is 17.6. The summed E-state index contributed by atoms with van der Waals surface area (Å²) in [5.74, 6) is 0.861. The molecule has 0 saturated carbocycles. The van der Waals surface area contributed by atoms with E-state index in [1.54, 1.807) is 18.6 Å². The zero-order valence-electron chi connectivity index (χ0n) is 40.2. The number of fused-ring (bicyclic) bond motifs is 10. The lowest BCUT2D eigenvalue weighted by molar-refractivity contribution is 0.0372. The summed E-state index contributed by atoms with van der Waals surface area (Å²) in [6, 6.07) is 60.6. The van der Waals surface area contributed by atoms with E-state index in [-0.39, 0.29) is 24.5 Å². The van der Waals surface area contributed by atoms with Gasteiger partial charge in [-0.25, -0.2) is 0 Å². The molecule has 3 heterocycles. The van der Waals surface area contributed by atoms with Crippen LogP contribution in [0.25, 0.3) is 43.6 Å². The summed E-state index contributed by atoms with van der Waals surface area (Å²) in [4.78, 5) is 33.4. The van der Waals surface area contributed by atoms with Gasteiger partial charge in [-0.05, 0) is 59.0 Å². The van der Waals surface area contributed by atoms with E-state index in [0.29, 0.717) is 80.9 Å². The first kappa shape index (κ1) is 47.1. The SMILES string of the molecule is C/C(OCc1ccccc1)=C(/OCc1ccccc1)C(O)n1c2cc(OCc3ccccc3)ccc2c2c3c(c4c5ccc(OCc6ccccc6)cc5[nH]c4c21)C(=O)N(C)C3=O.COCc1ccccc1. The van der Waals surface area contributed by atoms with E-state index < -0.39 is 18.0 Å². The van der Waals surface area contributed by atoms with E-state index in [4.69, 9.17) is 23.7 Å². The largest absolute Gasteiger partial charge is 0.490 e. The molecule has 2 amide bonds. The maximum absolute atomic E-state index is 14.4. The van der Waals surface area contributed by atoms with Crippen molar-refractivity contribution in [2.24, 2.45) is 0 Å². The number of aromatic nitrogens is 2. The first-order valence-corrected chi connectivity index (χ1v) is 23.8. The third-order valence-corrected chi connectivity index (χ3v) is 12.8. The second kappa shape index (κ2) is 21.2. The predicted molar refractivity (Wildman–Crippen MR) is 280 cm³/mol. The average Bonchev–Trinajstić information content (AvgIpc) is 4.04. The first-order chi connectivity index (χ1) is 35.3. The minimum atomic E-state index is -1.49. The Morgan fingerprint density at radius 2 is 0.986 bits per heavy atom. The molecule has 10 aromatic rings. The van der Waals surface area contributed by atoms with E-state index in [2.05, 4.69) is 4.98 Å². The number of nitrogens with zero attached hydrogens (tertiary/aromatic N) is 2. The number of imide groups is 1. The van der Waals surface area contributed by atoms with Crippen molar-refractivity contribution in [1.29, 1.82) is 0 Å². The number of aromatic amines is 1. The van der Waals surface area contributed by atoms with E-state index in [0.717, 1.165) is 32.5 Å². The lowest BCUT2D eigenvalue weighted by atomic mass is 9.96. The summed E-state index contributed by atoms with van der Waals surface area (Å²) >= 11 is 0. The number of carbonyl (C=O) groups is 2. The van der Waals surface area contributed by atoms with Crippen molar-refractivity contribution in [2.75, 3.05) is 14.2 Å². The van der Waals surface area contributed by atoms with Crippen LogP contribution in [0.2, 0.25) is 0 Å². The number of ether oxygens (including phenoxy) is 5. The number of nitrogens with one attached hydrogen (secondary N) is 1. The predicted octanol–water partition coefficient (Wildman–Crippen LogP) is 12.8. The van der Waals surface area contributed by atoms with Gasteiger partial charge in [0.05, 0.1) is 39.8 Å². The minimum absolute atomic E-state index is 0.141. The van der Waals surface area contributed by atoms with Crippen molar-refractivity contribution in [1.82, 2.24) is 14.5 Å². The van der Waals surface area contributed by atoms with Crippen LogP contribution in [0, 0.1) is 0 Å². The van der Waals surface area contributed by atoms with Gasteiger partial charge in [0.2, 0.25) is 0 Å². The molecule has 0 spiro atoms. The molecule has 1 unspecified atom stereocenters. The Hall–Kier alpha value is -8.64. The summed E-state index contributed by atoms with van der Waals surface area (Å²) in [5, 5.41) is 15.5. The van der Waals surface area contributed by atoms with Gasteiger partial charge >= 0.3 is 0 Å². The van der Waals surface area contributed by atoms with Crippen LogP contribution in [-0.4, -0.2) is 45.5 Å². The number of hydrogen-bond acceptors (Lipinski definition) is 8. The van der Waals surface area contributed by atoms with Gasteiger partial charge in [0.1, 0.15) is 43.7 Å². The molecule has 0 aliphatic carbocycles. The number of carbonyl (C=O) groups excluding carboxylic acids is 2. The van der Waals surface area contributed by atoms with Crippen LogP contribution in [0.3, 0.4) is 0 Å². The van der Waals surface area contributed by atoms with Crippen molar-refractivity contribution < 1.29 is 38.4 Å². The number of H-pyrrole nitrogens is 1. The molecule has 8 aromatic carbocycles. The van der Waals surface area contributed by atoms with E-state index in [9.17, 15) is 14.7 Å². The molecular formula is C61H53N3O8. The van der Waals surface area contributed by atoms with Gasteiger partial charge in [-0.15, -0.1) is 0 Å². The first-order valence-electron chi connectivity index (χ1n) is 23.8. The molecule has 11 heteroatoms. The monoisotopic (exact) mass is 955 g/mol. The summed E-state index contributed by atoms with van der Waals surface area (Å²) in [7, 11) is 3.20. The number of amides is 2. The van der Waals surface area contributed by atoms with Gasteiger partial charge in [-0.2, -0.15) is 0 Å². The quantitative estimate of drug-likeness (QED) is 0.0725. The summed E-state index contributed by atoms with van der Waals surface area (Å²) in [6.45, 7) is 3.53. The third-order valence-electron chi connectivity index (χ3n) is 12.8. The van der Waals surface area contributed by atoms with Crippen molar-refractivity contribution in [3.8, 4) is 11.5 Å². The van der Waals surface area contributed by atoms with Gasteiger partial charge in [0.25, 0.3) is 11.8 Å². The van der Waals surface area contributed by atoms with Crippen LogP contribution in [-0.2, 0) is 47.2 Å². The van der Waals surface area contributed by atoms with Crippen molar-refractivity contribution in [2.45, 2.75) is 46.2 Å². The Morgan fingerprint density at radius 1 is 0.542 bits per heavy atom. The molecule has 72 heavy (non-hydrogen) atoms. The summed E-state index contributed by atoms with van der Waals surface area (Å²) in [5.41, 5.74) is 7.93. The zero-order chi connectivity index (χ0) is 49.6. The fourth-order valence-electron chi connectivity index (χ4n) is 9.21. The zero-order valence-corrected chi connectivity index (χ0v) is 40.2. The van der Waals surface area contributed by atoms with Gasteiger partial charge in [-0.1, -0.05) is 152 Å². The fraction of sp³-hybridized carbons (Fsp3) is 0.148. The highest BCUT2D eigenvalue weighted by atomic mass is 16.5. The molecule has 2 N–H and O–H groups in total. The Labute approximate surface area is 417 Å². The fourth-order valence-corrected chi connectivity index (χ4v) is 9.21. The average molecular weight is 956 g/mol. The molecule has 11 nitrogen and oxygen atoms in total. The number of methoxy groups -OCH3 is 1. The second-order valence-corrected chi connectivity index (χ2v) is 17.6. The molecule has 0 saturated heterocycles. The van der Waals surface area contributed by atoms with Gasteiger partial charge in [0.15, 0.2) is 12.0 Å². The number of benzene rings is 8. The molecule has 1 atom stereocenters. The highest BCUT2D eigenvalue weighted by Crippen LogP contribution is 2.47. The lowest BCUT2D eigenvalue weighted by Gasteiger charge is -2.23. The molecule has 1 aliphatic heterocycles. The van der Waals surface area contributed by atoms with Crippen LogP contribution >= 0.6 is 0 Å². The van der Waals surface area contributed by atoms with Crippen LogP contribution in [0.5, 0.6) is 11.5 Å². The topological polar surface area (TPSA) is 124 Å². The number of aliphatic hydroxyl groups is 1. The molecule has 360 valence electrons. The maximum Gasteiger partial charge on any atom is 0.262 e. The Bertz CT molecular complexity index is 3560. The molecule has 0 radical (unpaired) electrons. The Morgan fingerprint density at radius 3 is 1.50 bits per heavy atom. The van der Waals surface area contributed by atoms with E-state index in [1.165, 1.54) is 12.6 Å². The highest BCUT2D eigenvalue weighted by Gasteiger charge is 2.40. The Kier molecular flexibility index (Phi) is 13.8. The molecule has 2 aromatic heterocycles. The van der Waals surface area contributed by atoms with Crippen LogP contribution in [0.15, 0.2) is 200 Å². The van der Waals surface area contributed by atoms with Gasteiger partial charge < -0.3 is 38.3 Å². The van der Waals surface area contributed by atoms with Crippen molar-refractivity contribution in [3.63, 3.8) is 0 Å². The van der Waals surface area contributed by atoms with Crippen LogP contribution < -0.4 is 9.47 Å². The van der Waals surface area contributed by atoms with Gasteiger partial charge in [0, 0.05) is 47.8 Å². The lowest BCUT2D eigenvalue weighted by Crippen LogP contribution is -2.24. The molecule has 11 rings (SSSR count). The molecule has 0 fully saturated rings. The van der Waals surface area contributed by atoms with E-state index >= 15 is 0 Å². The van der Waals surface area contributed by atoms with Gasteiger partial charge in [-0.3, -0.25) is 14.5 Å². The minimum Gasteiger partial charge on any atom is -0.490 e. The van der Waals surface area contributed by atoms with Crippen molar-refractivity contribution in [3.05, 3.63) is 239 Å². The summed E-state index contributed by atoms with van der Waals surface area (Å²) in [6.07, 6.45) is -1.49. The number of allylic oxidation sites excluding steroid dienone is 1. The standard InChI is InChI=1S/C53H43N3O7.C8H10O/c1-33(60-29-34-15-7-3-8-16-34)50(63-32-37-21-13-6-14-22-37)53(59)56-43-28-39(62-31-36-19-11-5-12-20-36)24-26-41(43)45-47-46(51(57)55(2)52(47)58)44-40-25-23-38(27-42(40)54-48(44)49(45)56)61-30-35-17-9-4-10-18-35;1-9-7-8-5-3-2-4-6-8/h3-28,53-54,59H,29-32H2,1-2H3;2-6H,7H2,1H3/b50-33-;. The number of rotatable bonds is 16. The third kappa shape index (κ3) is 9.63. The maximum atomic E-state index is 14.4. The normalized spacial score (nSPS) is 13.0. The number of hydrogen-bond donors (Lipinski definition) is 2. The molecule has 1 aliphatic rings. The highest BCUT2D eigenvalue weighted by molar-refractivity contribution is 6.39. The Balaban J connectivity index is 0.000000600. The van der Waals surface area contributed by atoms with Crippen molar-refractivity contribution >= 4 is 55.4 Å². The summed E-state index contributed by atoms with van der Waals surface area (Å²) < 4.78 is 32.3. The van der Waals surface area contributed by atoms with Crippen LogP contribution in [0.1, 0.15) is 61.7 Å². The van der Waals surface area contributed by atoms with E-state index in [1.807, 2.05) is 188 Å². The smallest absolute Gasteiger partial charge is 0.262 e. The molecule has 0 bridgehead atoms. The number of aliphatic hydroxyl groups excluding tert-OH is 1.